The van der Waals surface area contributed by atoms with Gasteiger partial charge in [-0.1, -0.05) is 48.9 Å². The molecule has 5 rings (SSSR count). The van der Waals surface area contributed by atoms with Gasteiger partial charge in [0.25, 0.3) is 5.91 Å². The van der Waals surface area contributed by atoms with Gasteiger partial charge in [-0.25, -0.2) is 0 Å². The quantitative estimate of drug-likeness (QED) is 0.393. The topological polar surface area (TPSA) is 118 Å². The first-order chi connectivity index (χ1) is 21.8. The Labute approximate surface area is 265 Å². The molecule has 2 aliphatic heterocycles. The molecule has 3 N–H and O–H groups in total. The molecule has 10 heteroatoms. The fourth-order valence-electron chi connectivity index (χ4n) is 6.44. The summed E-state index contributed by atoms with van der Waals surface area (Å²) in [6, 6.07) is 15.7. The minimum absolute atomic E-state index is 0.0742. The second-order valence-corrected chi connectivity index (χ2v) is 12.4. The van der Waals surface area contributed by atoms with Crippen LogP contribution in [0.4, 0.5) is 5.69 Å². The van der Waals surface area contributed by atoms with Crippen LogP contribution in [0.3, 0.4) is 0 Å². The lowest BCUT2D eigenvalue weighted by molar-refractivity contribution is -0.134. The van der Waals surface area contributed by atoms with E-state index in [1.807, 2.05) is 55.8 Å². The standard InChI is InChI=1S/C35H46N6O4/c1-25-11-9-14-29-32(25)45-22-10-19-37-34(44)35(15-7-8-18-36-33(29)43)16-20-40(21-17-35)24-30(42)38-31-26(2)39-41(27(31)3)23-28-12-5-4-6-13-28/h4-6,9,11-14H,7-8,10,15-24H2,1-3H3,(H,36,43)(H,37,44)(H,38,42). The van der Waals surface area contributed by atoms with E-state index in [0.29, 0.717) is 69.9 Å². The fraction of sp³-hybridized carbons (Fsp3) is 0.486. The summed E-state index contributed by atoms with van der Waals surface area (Å²) < 4.78 is 7.94. The van der Waals surface area contributed by atoms with E-state index in [4.69, 9.17) is 4.74 Å². The molecule has 1 fully saturated rings. The number of piperidine rings is 1. The Hall–Kier alpha value is -4.18. The van der Waals surface area contributed by atoms with Crippen LogP contribution in [0, 0.1) is 26.2 Å². The number of hydrogen-bond acceptors (Lipinski definition) is 6. The SMILES string of the molecule is Cc1cccc2c1OCCCNC(=O)C1(CCCCNC2=O)CCN(CC(=O)Nc2c(C)nn(Cc3ccccc3)c2C)CC1. The number of benzene rings is 2. The van der Waals surface area contributed by atoms with Crippen molar-refractivity contribution in [1.29, 1.82) is 0 Å². The highest BCUT2D eigenvalue weighted by atomic mass is 16.5. The van der Waals surface area contributed by atoms with E-state index in [0.717, 1.165) is 47.5 Å². The normalized spacial score (nSPS) is 18.1. The Kier molecular flexibility index (Phi) is 10.5. The van der Waals surface area contributed by atoms with Crippen molar-refractivity contribution in [3.8, 4) is 5.75 Å². The molecule has 3 aromatic rings. The molecular formula is C35H46N6O4. The highest BCUT2D eigenvalue weighted by Crippen LogP contribution is 2.37. The van der Waals surface area contributed by atoms with Gasteiger partial charge in [0, 0.05) is 13.1 Å². The zero-order valence-electron chi connectivity index (χ0n) is 26.8. The average molecular weight is 615 g/mol. The third kappa shape index (κ3) is 7.92. The number of para-hydroxylation sites is 1. The number of rotatable bonds is 5. The van der Waals surface area contributed by atoms with E-state index >= 15 is 0 Å². The molecule has 0 atom stereocenters. The van der Waals surface area contributed by atoms with Gasteiger partial charge in [0.2, 0.25) is 11.8 Å². The summed E-state index contributed by atoms with van der Waals surface area (Å²) in [5.74, 6) is 0.484. The molecule has 10 nitrogen and oxygen atoms in total. The van der Waals surface area contributed by atoms with Crippen molar-refractivity contribution in [2.45, 2.75) is 65.8 Å². The molecule has 1 spiro atoms. The largest absolute Gasteiger partial charge is 0.492 e. The number of hydrogen-bond donors (Lipinski definition) is 3. The number of anilines is 1. The van der Waals surface area contributed by atoms with E-state index in [2.05, 4.69) is 38.1 Å². The molecule has 1 saturated heterocycles. The molecule has 0 aliphatic carbocycles. The van der Waals surface area contributed by atoms with Gasteiger partial charge in [-0.2, -0.15) is 5.10 Å². The van der Waals surface area contributed by atoms with Gasteiger partial charge in [-0.05, 0) is 83.2 Å². The van der Waals surface area contributed by atoms with Crippen LogP contribution in [-0.4, -0.2) is 71.7 Å². The van der Waals surface area contributed by atoms with Crippen molar-refractivity contribution < 1.29 is 19.1 Å². The van der Waals surface area contributed by atoms with E-state index in [1.54, 1.807) is 6.07 Å². The summed E-state index contributed by atoms with van der Waals surface area (Å²) in [4.78, 5) is 41.8. The number of likely N-dealkylation sites (tertiary alicyclic amines) is 1. The van der Waals surface area contributed by atoms with Crippen molar-refractivity contribution in [1.82, 2.24) is 25.3 Å². The Bertz CT molecular complexity index is 1490. The predicted octanol–water partition coefficient (Wildman–Crippen LogP) is 4.38. The minimum atomic E-state index is -0.483. The molecule has 0 bridgehead atoms. The summed E-state index contributed by atoms with van der Waals surface area (Å²) in [6.07, 6.45) is 4.38. The number of nitrogens with one attached hydrogen (secondary N) is 3. The molecule has 45 heavy (non-hydrogen) atoms. The predicted molar refractivity (Wildman–Crippen MR) is 174 cm³/mol. The summed E-state index contributed by atoms with van der Waals surface area (Å²) in [5, 5.41) is 14.0. The lowest BCUT2D eigenvalue weighted by Gasteiger charge is -2.40. The van der Waals surface area contributed by atoms with Crippen molar-refractivity contribution in [3.63, 3.8) is 0 Å². The Balaban J connectivity index is 1.16. The van der Waals surface area contributed by atoms with Gasteiger partial charge in [-0.15, -0.1) is 0 Å². The molecule has 2 aliphatic rings. The minimum Gasteiger partial charge on any atom is -0.492 e. The molecule has 1 aromatic heterocycles. The van der Waals surface area contributed by atoms with Gasteiger partial charge in [0.15, 0.2) is 0 Å². The van der Waals surface area contributed by atoms with Crippen LogP contribution in [0.25, 0.3) is 0 Å². The number of nitrogens with zero attached hydrogens (tertiary/aromatic N) is 3. The second kappa shape index (κ2) is 14.7. The van der Waals surface area contributed by atoms with Crippen LogP contribution >= 0.6 is 0 Å². The number of amides is 3. The number of ether oxygens (including phenoxy) is 1. The van der Waals surface area contributed by atoms with Crippen LogP contribution in [0.5, 0.6) is 5.75 Å². The van der Waals surface area contributed by atoms with E-state index < -0.39 is 5.41 Å². The number of aromatic nitrogens is 2. The summed E-state index contributed by atoms with van der Waals surface area (Å²) in [5.41, 5.74) is 4.62. The van der Waals surface area contributed by atoms with Crippen LogP contribution in [0.2, 0.25) is 0 Å². The van der Waals surface area contributed by atoms with Crippen LogP contribution in [0.1, 0.15) is 71.4 Å². The Morgan fingerprint density at radius 1 is 0.933 bits per heavy atom. The van der Waals surface area contributed by atoms with Crippen LogP contribution in [-0.2, 0) is 16.1 Å². The van der Waals surface area contributed by atoms with Crippen molar-refractivity contribution in [3.05, 3.63) is 76.6 Å². The third-order valence-corrected chi connectivity index (χ3v) is 9.16. The van der Waals surface area contributed by atoms with Gasteiger partial charge in [-0.3, -0.25) is 24.0 Å². The highest BCUT2D eigenvalue weighted by molar-refractivity contribution is 5.97. The fourth-order valence-corrected chi connectivity index (χ4v) is 6.44. The first-order valence-corrected chi connectivity index (χ1v) is 16.1. The number of fused-ring (bicyclic) bond motifs is 1. The lowest BCUT2D eigenvalue weighted by Crippen LogP contribution is -2.50. The summed E-state index contributed by atoms with van der Waals surface area (Å²) in [7, 11) is 0. The van der Waals surface area contributed by atoms with E-state index in [-0.39, 0.29) is 24.3 Å². The van der Waals surface area contributed by atoms with Gasteiger partial charge < -0.3 is 20.7 Å². The monoisotopic (exact) mass is 614 g/mol. The van der Waals surface area contributed by atoms with Crippen molar-refractivity contribution >= 4 is 23.4 Å². The molecule has 3 heterocycles. The number of carbonyl (C=O) groups excluding carboxylic acids is 3. The maximum Gasteiger partial charge on any atom is 0.255 e. The van der Waals surface area contributed by atoms with Crippen molar-refractivity contribution in [2.75, 3.05) is 44.6 Å². The van der Waals surface area contributed by atoms with Gasteiger partial charge in [0.05, 0.1) is 47.8 Å². The number of carbonyl (C=O) groups is 3. The van der Waals surface area contributed by atoms with Crippen molar-refractivity contribution in [2.24, 2.45) is 5.41 Å². The van der Waals surface area contributed by atoms with E-state index in [1.165, 1.54) is 0 Å². The molecule has 0 radical (unpaired) electrons. The van der Waals surface area contributed by atoms with Crippen LogP contribution in [0.15, 0.2) is 48.5 Å². The number of aryl methyl sites for hydroxylation is 2. The molecule has 3 amide bonds. The van der Waals surface area contributed by atoms with Gasteiger partial charge >= 0.3 is 0 Å². The van der Waals surface area contributed by atoms with Crippen LogP contribution < -0.4 is 20.7 Å². The summed E-state index contributed by atoms with van der Waals surface area (Å²) >= 11 is 0. The highest BCUT2D eigenvalue weighted by Gasteiger charge is 2.41. The maximum atomic E-state index is 13.6. The molecule has 240 valence electrons. The smallest absolute Gasteiger partial charge is 0.255 e. The summed E-state index contributed by atoms with van der Waals surface area (Å²) in [6.45, 7) is 9.54. The average Bonchev–Trinajstić information content (AvgIpc) is 3.28. The molecule has 0 saturated carbocycles. The second-order valence-electron chi connectivity index (χ2n) is 12.4. The molecule has 0 unspecified atom stereocenters. The molecular weight excluding hydrogens is 568 g/mol. The zero-order chi connectivity index (χ0) is 31.8. The third-order valence-electron chi connectivity index (χ3n) is 9.16. The maximum absolute atomic E-state index is 13.6. The Morgan fingerprint density at radius 3 is 2.47 bits per heavy atom. The zero-order valence-corrected chi connectivity index (χ0v) is 26.8. The molecule has 2 aromatic carbocycles. The van der Waals surface area contributed by atoms with E-state index in [9.17, 15) is 14.4 Å². The Morgan fingerprint density at radius 2 is 1.69 bits per heavy atom. The first kappa shape index (κ1) is 32.2. The lowest BCUT2D eigenvalue weighted by atomic mass is 9.73. The first-order valence-electron chi connectivity index (χ1n) is 16.1. The van der Waals surface area contributed by atoms with Gasteiger partial charge in [0.1, 0.15) is 5.75 Å².